The number of carbonyl (C=O) groups excluding carboxylic acids is 1. The van der Waals surface area contributed by atoms with Crippen molar-refractivity contribution in [3.63, 3.8) is 0 Å². The Labute approximate surface area is 196 Å². The van der Waals surface area contributed by atoms with Gasteiger partial charge in [0.05, 0.1) is 15.5 Å². The highest BCUT2D eigenvalue weighted by Gasteiger charge is 2.21. The van der Waals surface area contributed by atoms with Gasteiger partial charge in [-0.15, -0.1) is 0 Å². The van der Waals surface area contributed by atoms with Gasteiger partial charge in [0.2, 0.25) is 0 Å². The molecular weight excluding hydrogens is 446 g/mol. The molecule has 1 amide bonds. The molecule has 0 unspecified atom stereocenters. The van der Waals surface area contributed by atoms with E-state index >= 15 is 0 Å². The number of halogens is 1. The number of hydrogen-bond donors (Lipinski definition) is 2. The van der Waals surface area contributed by atoms with Crippen LogP contribution in [0.25, 0.3) is 0 Å². The molecule has 1 heterocycles. The second kappa shape index (κ2) is 10.7. The van der Waals surface area contributed by atoms with Gasteiger partial charge >= 0.3 is 0 Å². The number of anilines is 1. The maximum Gasteiger partial charge on any atom is 0.261 e. The Morgan fingerprint density at radius 3 is 2.41 bits per heavy atom. The zero-order valence-corrected chi connectivity index (χ0v) is 20.5. The second-order valence-corrected chi connectivity index (χ2v) is 11.0. The number of nitrogens with zero attached hydrogens (tertiary/aromatic N) is 1. The van der Waals surface area contributed by atoms with Crippen molar-refractivity contribution in [2.24, 2.45) is 11.8 Å². The summed E-state index contributed by atoms with van der Waals surface area (Å²) in [5.74, 6) is 1.10. The fourth-order valence-electron chi connectivity index (χ4n) is 4.27. The number of likely N-dealkylation sites (tertiary alicyclic amines) is 1. The summed E-state index contributed by atoms with van der Waals surface area (Å²) in [4.78, 5) is 15.3. The first-order valence-corrected chi connectivity index (χ1v) is 12.9. The summed E-state index contributed by atoms with van der Waals surface area (Å²) in [6.45, 7) is 10.1. The van der Waals surface area contributed by atoms with Gasteiger partial charge in [0.15, 0.2) is 0 Å². The SMILES string of the molecule is Cc1ccc(S(=O)(=O)Nc2ccc(Cl)c(C(=O)NCCCN3C[C@H](C)C[C@H](C)C3)c2)cc1. The number of hydrogen-bond acceptors (Lipinski definition) is 4. The molecule has 0 saturated carbocycles. The van der Waals surface area contributed by atoms with Crippen molar-refractivity contribution in [2.75, 3.05) is 30.9 Å². The van der Waals surface area contributed by atoms with Crippen LogP contribution in [0.4, 0.5) is 5.69 Å². The molecule has 2 aromatic carbocycles. The van der Waals surface area contributed by atoms with E-state index in [1.165, 1.54) is 18.6 Å². The van der Waals surface area contributed by atoms with Gasteiger partial charge in [0.25, 0.3) is 15.9 Å². The minimum Gasteiger partial charge on any atom is -0.352 e. The molecule has 1 fully saturated rings. The van der Waals surface area contributed by atoms with Gasteiger partial charge in [0.1, 0.15) is 0 Å². The van der Waals surface area contributed by atoms with Crippen molar-refractivity contribution in [1.82, 2.24) is 10.2 Å². The quantitative estimate of drug-likeness (QED) is 0.547. The zero-order chi connectivity index (χ0) is 23.3. The van der Waals surface area contributed by atoms with Crippen molar-refractivity contribution < 1.29 is 13.2 Å². The highest BCUT2D eigenvalue weighted by atomic mass is 35.5. The lowest BCUT2D eigenvalue weighted by Crippen LogP contribution is -2.40. The molecule has 32 heavy (non-hydrogen) atoms. The summed E-state index contributed by atoms with van der Waals surface area (Å²) in [6, 6.07) is 11.1. The summed E-state index contributed by atoms with van der Waals surface area (Å²) < 4.78 is 27.8. The van der Waals surface area contributed by atoms with Gasteiger partial charge in [-0.1, -0.05) is 43.1 Å². The lowest BCUT2D eigenvalue weighted by atomic mass is 9.92. The van der Waals surface area contributed by atoms with E-state index in [1.54, 1.807) is 30.3 Å². The van der Waals surface area contributed by atoms with Crippen LogP contribution in [0.3, 0.4) is 0 Å². The smallest absolute Gasteiger partial charge is 0.261 e. The Morgan fingerprint density at radius 1 is 1.09 bits per heavy atom. The van der Waals surface area contributed by atoms with Crippen LogP contribution in [0.1, 0.15) is 42.6 Å². The number of nitrogens with one attached hydrogen (secondary N) is 2. The lowest BCUT2D eigenvalue weighted by molar-refractivity contribution is 0.0947. The largest absolute Gasteiger partial charge is 0.352 e. The van der Waals surface area contributed by atoms with Gasteiger partial charge in [-0.2, -0.15) is 0 Å². The summed E-state index contributed by atoms with van der Waals surface area (Å²) in [5, 5.41) is 3.18. The summed E-state index contributed by atoms with van der Waals surface area (Å²) in [6.07, 6.45) is 2.12. The summed E-state index contributed by atoms with van der Waals surface area (Å²) in [5.41, 5.74) is 1.51. The molecule has 2 N–H and O–H groups in total. The Kier molecular flexibility index (Phi) is 8.20. The van der Waals surface area contributed by atoms with Gasteiger partial charge < -0.3 is 10.2 Å². The topological polar surface area (TPSA) is 78.5 Å². The predicted molar refractivity (Wildman–Crippen MR) is 130 cm³/mol. The number of rotatable bonds is 8. The van der Waals surface area contributed by atoms with Crippen molar-refractivity contribution in [1.29, 1.82) is 0 Å². The van der Waals surface area contributed by atoms with Gasteiger partial charge in [-0.05, 0) is 68.5 Å². The Hall–Kier alpha value is -2.09. The first kappa shape index (κ1) is 24.6. The van der Waals surface area contributed by atoms with Crippen LogP contribution < -0.4 is 10.0 Å². The van der Waals surface area contributed by atoms with Crippen LogP contribution in [-0.2, 0) is 10.0 Å². The van der Waals surface area contributed by atoms with E-state index < -0.39 is 10.0 Å². The standard InChI is InChI=1S/C24H32ClN3O3S/c1-17-5-8-21(9-6-17)32(30,31)27-20-7-10-23(25)22(14-20)24(29)26-11-4-12-28-15-18(2)13-19(3)16-28/h5-10,14,18-19,27H,4,11-13,15-16H2,1-3H3,(H,26,29)/t18-,19+. The second-order valence-electron chi connectivity index (χ2n) is 8.93. The third kappa shape index (κ3) is 6.70. The molecule has 174 valence electrons. The third-order valence-corrected chi connectivity index (χ3v) is 7.40. The molecule has 0 spiro atoms. The first-order valence-electron chi connectivity index (χ1n) is 11.0. The van der Waals surface area contributed by atoms with E-state index in [1.807, 2.05) is 6.92 Å². The third-order valence-electron chi connectivity index (χ3n) is 5.68. The Morgan fingerprint density at radius 2 is 1.75 bits per heavy atom. The van der Waals surface area contributed by atoms with Crippen LogP contribution in [0, 0.1) is 18.8 Å². The number of aryl methyl sites for hydroxylation is 1. The van der Waals surface area contributed by atoms with E-state index in [9.17, 15) is 13.2 Å². The number of benzene rings is 2. The fourth-order valence-corrected chi connectivity index (χ4v) is 5.52. The molecule has 8 heteroatoms. The number of amides is 1. The molecule has 1 aliphatic heterocycles. The van der Waals surface area contributed by atoms with Crippen LogP contribution in [0.15, 0.2) is 47.4 Å². The number of piperidine rings is 1. The first-order chi connectivity index (χ1) is 15.1. The molecule has 0 radical (unpaired) electrons. The van der Waals surface area contributed by atoms with Crippen LogP contribution in [0.5, 0.6) is 0 Å². The monoisotopic (exact) mass is 477 g/mol. The van der Waals surface area contributed by atoms with E-state index in [4.69, 9.17) is 11.6 Å². The molecule has 2 aromatic rings. The highest BCUT2D eigenvalue weighted by Crippen LogP contribution is 2.24. The van der Waals surface area contributed by atoms with E-state index in [2.05, 4.69) is 28.8 Å². The predicted octanol–water partition coefficient (Wildman–Crippen LogP) is 4.55. The van der Waals surface area contributed by atoms with Crippen LogP contribution >= 0.6 is 11.6 Å². The van der Waals surface area contributed by atoms with Crippen molar-refractivity contribution in [3.8, 4) is 0 Å². The zero-order valence-electron chi connectivity index (χ0n) is 18.9. The number of sulfonamides is 1. The maximum atomic E-state index is 12.7. The van der Waals surface area contributed by atoms with Crippen LogP contribution in [0.2, 0.25) is 5.02 Å². The number of carbonyl (C=O) groups is 1. The molecule has 0 aliphatic carbocycles. The normalized spacial score (nSPS) is 19.5. The fraction of sp³-hybridized carbons (Fsp3) is 0.458. The summed E-state index contributed by atoms with van der Waals surface area (Å²) >= 11 is 6.22. The van der Waals surface area contributed by atoms with E-state index in [0.717, 1.165) is 31.6 Å². The van der Waals surface area contributed by atoms with Crippen molar-refractivity contribution in [2.45, 2.75) is 38.5 Å². The minimum absolute atomic E-state index is 0.158. The molecule has 3 rings (SSSR count). The molecule has 1 saturated heterocycles. The molecular formula is C24H32ClN3O3S. The highest BCUT2D eigenvalue weighted by molar-refractivity contribution is 7.92. The minimum atomic E-state index is -3.76. The Balaban J connectivity index is 1.57. The maximum absolute atomic E-state index is 12.7. The molecule has 0 bridgehead atoms. The average molecular weight is 478 g/mol. The molecule has 0 aromatic heterocycles. The molecule has 6 nitrogen and oxygen atoms in total. The van der Waals surface area contributed by atoms with Gasteiger partial charge in [-0.3, -0.25) is 9.52 Å². The molecule has 1 aliphatic rings. The van der Waals surface area contributed by atoms with E-state index in [0.29, 0.717) is 18.4 Å². The van der Waals surface area contributed by atoms with E-state index in [-0.39, 0.29) is 27.1 Å². The lowest BCUT2D eigenvalue weighted by Gasteiger charge is -2.34. The van der Waals surface area contributed by atoms with Crippen molar-refractivity contribution >= 4 is 33.2 Å². The Bertz CT molecular complexity index is 1030. The van der Waals surface area contributed by atoms with Crippen molar-refractivity contribution in [3.05, 3.63) is 58.6 Å². The van der Waals surface area contributed by atoms with Gasteiger partial charge in [-0.25, -0.2) is 8.42 Å². The average Bonchev–Trinajstić information content (AvgIpc) is 2.72. The van der Waals surface area contributed by atoms with Crippen LogP contribution in [-0.4, -0.2) is 45.4 Å². The van der Waals surface area contributed by atoms with Gasteiger partial charge in [0, 0.05) is 25.3 Å². The molecule has 2 atom stereocenters. The summed E-state index contributed by atoms with van der Waals surface area (Å²) in [7, 11) is -3.76.